The van der Waals surface area contributed by atoms with Crippen molar-refractivity contribution < 1.29 is 14.7 Å². The van der Waals surface area contributed by atoms with Crippen molar-refractivity contribution in [3.63, 3.8) is 0 Å². The number of amides is 1. The van der Waals surface area contributed by atoms with E-state index in [0.29, 0.717) is 12.8 Å². The topological polar surface area (TPSA) is 57.6 Å². The number of carbonyl (C=O) groups excluding carboxylic acids is 1. The first-order valence-electron chi connectivity index (χ1n) is 6.83. The summed E-state index contributed by atoms with van der Waals surface area (Å²) < 4.78 is 0. The first-order valence-corrected chi connectivity index (χ1v) is 7.65. The highest BCUT2D eigenvalue weighted by atomic mass is 32.1. The number of rotatable bonds is 2. The third kappa shape index (κ3) is 2.73. The van der Waals surface area contributed by atoms with E-state index in [2.05, 4.69) is 0 Å². The molecule has 2 atom stereocenters. The second kappa shape index (κ2) is 5.20. The summed E-state index contributed by atoms with van der Waals surface area (Å²) in [5.41, 5.74) is -0.381. The molecule has 1 amide bonds. The van der Waals surface area contributed by atoms with Gasteiger partial charge in [0.25, 0.3) is 0 Å². The Morgan fingerprint density at radius 3 is 2.50 bits per heavy atom. The minimum atomic E-state index is -0.817. The molecule has 0 aromatic carbocycles. The number of carboxylic acids is 1. The van der Waals surface area contributed by atoms with E-state index in [0.717, 1.165) is 9.75 Å². The van der Waals surface area contributed by atoms with Crippen LogP contribution < -0.4 is 0 Å². The van der Waals surface area contributed by atoms with Gasteiger partial charge in [0.1, 0.15) is 0 Å². The van der Waals surface area contributed by atoms with Crippen LogP contribution >= 0.6 is 11.3 Å². The van der Waals surface area contributed by atoms with Gasteiger partial charge < -0.3 is 10.0 Å². The normalized spacial score (nSPS) is 24.0. The van der Waals surface area contributed by atoms with Crippen molar-refractivity contribution in [1.29, 1.82) is 0 Å². The molecule has 1 N–H and O–H groups in total. The summed E-state index contributed by atoms with van der Waals surface area (Å²) in [4.78, 5) is 27.8. The van der Waals surface area contributed by atoms with E-state index < -0.39 is 11.9 Å². The van der Waals surface area contributed by atoms with Gasteiger partial charge in [0.15, 0.2) is 0 Å². The molecule has 0 saturated carbocycles. The molecule has 4 nitrogen and oxygen atoms in total. The summed E-state index contributed by atoms with van der Waals surface area (Å²) in [7, 11) is 0. The van der Waals surface area contributed by atoms with E-state index in [1.807, 2.05) is 39.8 Å². The highest BCUT2D eigenvalue weighted by molar-refractivity contribution is 7.12. The summed E-state index contributed by atoms with van der Waals surface area (Å²) in [6, 6.07) is 3.59. The first kappa shape index (κ1) is 15.0. The molecule has 0 aliphatic carbocycles. The van der Waals surface area contributed by atoms with Crippen molar-refractivity contribution in [1.82, 2.24) is 4.90 Å². The summed E-state index contributed by atoms with van der Waals surface area (Å²) in [6.45, 7) is 7.88. The number of aliphatic carboxylic acids is 1. The molecule has 1 aromatic heterocycles. The molecule has 2 rings (SSSR count). The van der Waals surface area contributed by atoms with Crippen molar-refractivity contribution >= 4 is 23.2 Å². The van der Waals surface area contributed by atoms with Gasteiger partial charge in [-0.25, -0.2) is 0 Å². The predicted molar refractivity (Wildman–Crippen MR) is 78.8 cm³/mol. The maximum absolute atomic E-state index is 12.3. The van der Waals surface area contributed by atoms with Crippen LogP contribution in [0.4, 0.5) is 0 Å². The molecule has 5 heteroatoms. The first-order chi connectivity index (χ1) is 9.21. The van der Waals surface area contributed by atoms with E-state index in [1.165, 1.54) is 0 Å². The average Bonchev–Trinajstić information content (AvgIpc) is 2.73. The van der Waals surface area contributed by atoms with Gasteiger partial charge in [0.2, 0.25) is 5.91 Å². The molecule has 1 saturated heterocycles. The molecular formula is C15H21NO3S. The van der Waals surface area contributed by atoms with Crippen LogP contribution in [0.15, 0.2) is 12.1 Å². The number of piperidine rings is 1. The van der Waals surface area contributed by atoms with E-state index in [4.69, 9.17) is 0 Å². The van der Waals surface area contributed by atoms with Crippen LogP contribution in [0.3, 0.4) is 0 Å². The van der Waals surface area contributed by atoms with Gasteiger partial charge >= 0.3 is 5.97 Å². The number of nitrogens with zero attached hydrogens (tertiary/aromatic N) is 1. The maximum atomic E-state index is 12.3. The molecule has 20 heavy (non-hydrogen) atoms. The molecule has 1 aromatic rings. The summed E-state index contributed by atoms with van der Waals surface area (Å²) in [6.07, 6.45) is 0.734. The lowest BCUT2D eigenvalue weighted by Crippen LogP contribution is -2.53. The SMILES string of the molecule is Cc1ccc(C2C(C(=O)O)CCC(=O)N2C(C)(C)C)s1. The van der Waals surface area contributed by atoms with Crippen LogP contribution in [0, 0.1) is 12.8 Å². The largest absolute Gasteiger partial charge is 0.481 e. The van der Waals surface area contributed by atoms with Crippen molar-refractivity contribution in [2.24, 2.45) is 5.92 Å². The summed E-state index contributed by atoms with van der Waals surface area (Å²) >= 11 is 1.58. The zero-order valence-corrected chi connectivity index (χ0v) is 13.2. The predicted octanol–water partition coefficient (Wildman–Crippen LogP) is 3.22. The Morgan fingerprint density at radius 1 is 1.40 bits per heavy atom. The van der Waals surface area contributed by atoms with Crippen molar-refractivity contribution in [2.45, 2.75) is 52.1 Å². The highest BCUT2D eigenvalue weighted by Crippen LogP contribution is 2.43. The molecule has 2 heterocycles. The number of thiophene rings is 1. The minimum absolute atomic E-state index is 0.0473. The van der Waals surface area contributed by atoms with Crippen molar-refractivity contribution in [2.75, 3.05) is 0 Å². The fraction of sp³-hybridized carbons (Fsp3) is 0.600. The second-order valence-electron chi connectivity index (χ2n) is 6.31. The van der Waals surface area contributed by atoms with Crippen LogP contribution in [0.2, 0.25) is 0 Å². The van der Waals surface area contributed by atoms with Crippen LogP contribution in [-0.2, 0) is 9.59 Å². The van der Waals surface area contributed by atoms with Crippen LogP contribution in [-0.4, -0.2) is 27.4 Å². The number of aryl methyl sites for hydroxylation is 1. The molecule has 1 aliphatic heterocycles. The van der Waals surface area contributed by atoms with Gasteiger partial charge in [0.05, 0.1) is 12.0 Å². The smallest absolute Gasteiger partial charge is 0.308 e. The Bertz CT molecular complexity index is 529. The molecule has 0 spiro atoms. The third-order valence-electron chi connectivity index (χ3n) is 3.69. The molecule has 0 bridgehead atoms. The molecule has 110 valence electrons. The number of likely N-dealkylation sites (tertiary alicyclic amines) is 1. The van der Waals surface area contributed by atoms with Gasteiger partial charge in [0, 0.05) is 21.7 Å². The van der Waals surface area contributed by atoms with Crippen LogP contribution in [0.1, 0.15) is 49.4 Å². The van der Waals surface area contributed by atoms with Gasteiger partial charge in [-0.2, -0.15) is 0 Å². The zero-order valence-electron chi connectivity index (χ0n) is 12.3. The van der Waals surface area contributed by atoms with Gasteiger partial charge in [-0.3, -0.25) is 9.59 Å². The lowest BCUT2D eigenvalue weighted by Gasteiger charge is -2.46. The van der Waals surface area contributed by atoms with E-state index in [9.17, 15) is 14.7 Å². The van der Waals surface area contributed by atoms with Gasteiger partial charge in [-0.05, 0) is 46.2 Å². The van der Waals surface area contributed by atoms with Crippen LogP contribution in [0.5, 0.6) is 0 Å². The quantitative estimate of drug-likeness (QED) is 0.911. The average molecular weight is 295 g/mol. The summed E-state index contributed by atoms with van der Waals surface area (Å²) in [5.74, 6) is -1.29. The van der Waals surface area contributed by atoms with Crippen molar-refractivity contribution in [3.05, 3.63) is 21.9 Å². The Balaban J connectivity index is 2.50. The Hall–Kier alpha value is -1.36. The lowest BCUT2D eigenvalue weighted by atomic mass is 9.84. The monoisotopic (exact) mass is 295 g/mol. The number of carboxylic acid groups (broad SMARTS) is 1. The fourth-order valence-corrected chi connectivity index (χ4v) is 3.91. The number of carbonyl (C=O) groups is 2. The molecule has 2 unspecified atom stereocenters. The third-order valence-corrected chi connectivity index (χ3v) is 4.76. The molecule has 1 fully saturated rings. The number of hydrogen-bond donors (Lipinski definition) is 1. The maximum Gasteiger partial charge on any atom is 0.308 e. The standard InChI is InChI=1S/C15H21NO3S/c1-9-5-7-11(20-9)13-10(14(18)19)6-8-12(17)16(13)15(2,3)4/h5,7,10,13H,6,8H2,1-4H3,(H,18,19). The van der Waals surface area contributed by atoms with E-state index >= 15 is 0 Å². The Labute approximate surface area is 123 Å². The van der Waals surface area contributed by atoms with Crippen LogP contribution in [0.25, 0.3) is 0 Å². The number of hydrogen-bond acceptors (Lipinski definition) is 3. The summed E-state index contributed by atoms with van der Waals surface area (Å²) in [5, 5.41) is 9.51. The Kier molecular flexibility index (Phi) is 3.91. The minimum Gasteiger partial charge on any atom is -0.481 e. The molecule has 1 aliphatic rings. The van der Waals surface area contributed by atoms with E-state index in [1.54, 1.807) is 16.2 Å². The van der Waals surface area contributed by atoms with Gasteiger partial charge in [-0.1, -0.05) is 0 Å². The lowest BCUT2D eigenvalue weighted by molar-refractivity contribution is -0.156. The highest BCUT2D eigenvalue weighted by Gasteiger charge is 2.45. The van der Waals surface area contributed by atoms with Gasteiger partial charge in [-0.15, -0.1) is 11.3 Å². The second-order valence-corrected chi connectivity index (χ2v) is 7.63. The molecular weight excluding hydrogens is 274 g/mol. The molecule has 0 radical (unpaired) electrons. The zero-order chi connectivity index (χ0) is 15.1. The van der Waals surface area contributed by atoms with E-state index in [-0.39, 0.29) is 17.5 Å². The Morgan fingerprint density at radius 2 is 2.05 bits per heavy atom. The fourth-order valence-electron chi connectivity index (χ4n) is 2.88. The van der Waals surface area contributed by atoms with Crippen molar-refractivity contribution in [3.8, 4) is 0 Å².